The topological polar surface area (TPSA) is 39.1 Å². The highest BCUT2D eigenvalue weighted by atomic mass is 16.5. The molecule has 4 nitrogen and oxygen atoms in total. The lowest BCUT2D eigenvalue weighted by Gasteiger charge is -2.17. The minimum absolute atomic E-state index is 0.376. The van der Waals surface area contributed by atoms with Crippen molar-refractivity contribution in [2.24, 2.45) is 7.05 Å². The van der Waals surface area contributed by atoms with Crippen LogP contribution in [-0.4, -0.2) is 36.1 Å². The third-order valence-corrected chi connectivity index (χ3v) is 3.16. The molecule has 4 heteroatoms. The molecule has 0 saturated heterocycles. The molecule has 98 valence electrons. The Labute approximate surface area is 104 Å². The van der Waals surface area contributed by atoms with Crippen LogP contribution in [0.4, 0.5) is 0 Å². The number of hydrogen-bond acceptors (Lipinski definition) is 3. The summed E-state index contributed by atoms with van der Waals surface area (Å²) in [5.74, 6) is 0. The molecule has 0 aliphatic heterocycles. The summed E-state index contributed by atoms with van der Waals surface area (Å²) in [4.78, 5) is 0. The molecule has 1 unspecified atom stereocenters. The third-order valence-electron chi connectivity index (χ3n) is 3.16. The quantitative estimate of drug-likeness (QED) is 0.785. The normalized spacial score (nSPS) is 13.0. The summed E-state index contributed by atoms with van der Waals surface area (Å²) in [5.41, 5.74) is 3.73. The van der Waals surface area contributed by atoms with Gasteiger partial charge in [-0.15, -0.1) is 0 Å². The molecule has 0 aromatic carbocycles. The van der Waals surface area contributed by atoms with Crippen molar-refractivity contribution < 1.29 is 4.74 Å². The number of ether oxygens (including phenoxy) is 1. The van der Waals surface area contributed by atoms with Crippen molar-refractivity contribution in [1.29, 1.82) is 0 Å². The van der Waals surface area contributed by atoms with Gasteiger partial charge in [-0.3, -0.25) is 4.68 Å². The summed E-state index contributed by atoms with van der Waals surface area (Å²) in [5, 5.41) is 7.97. The van der Waals surface area contributed by atoms with E-state index in [-0.39, 0.29) is 0 Å². The van der Waals surface area contributed by atoms with Gasteiger partial charge in [0, 0.05) is 25.9 Å². The van der Waals surface area contributed by atoms with Crippen LogP contribution in [0.5, 0.6) is 0 Å². The highest BCUT2D eigenvalue weighted by Gasteiger charge is 2.15. The third kappa shape index (κ3) is 3.82. The Morgan fingerprint density at radius 1 is 1.41 bits per heavy atom. The molecule has 1 aromatic rings. The Morgan fingerprint density at radius 2 is 2.12 bits per heavy atom. The van der Waals surface area contributed by atoms with Gasteiger partial charge in [-0.05, 0) is 38.8 Å². The molecule has 1 rings (SSSR count). The molecule has 1 heterocycles. The summed E-state index contributed by atoms with van der Waals surface area (Å²) in [6.45, 7) is 8.16. The number of rotatable bonds is 7. The van der Waals surface area contributed by atoms with Crippen molar-refractivity contribution >= 4 is 0 Å². The van der Waals surface area contributed by atoms with Crippen molar-refractivity contribution in [1.82, 2.24) is 15.1 Å². The monoisotopic (exact) mass is 239 g/mol. The lowest BCUT2D eigenvalue weighted by molar-refractivity contribution is 0.166. The number of methoxy groups -OCH3 is 1. The van der Waals surface area contributed by atoms with Crippen molar-refractivity contribution in [3.05, 3.63) is 17.0 Å². The number of aryl methyl sites for hydroxylation is 2. The summed E-state index contributed by atoms with van der Waals surface area (Å²) in [6.07, 6.45) is 2.13. The van der Waals surface area contributed by atoms with Gasteiger partial charge in [0.15, 0.2) is 0 Å². The summed E-state index contributed by atoms with van der Waals surface area (Å²) in [7, 11) is 3.75. The largest absolute Gasteiger partial charge is 0.383 e. The van der Waals surface area contributed by atoms with Gasteiger partial charge in [-0.2, -0.15) is 5.10 Å². The van der Waals surface area contributed by atoms with Gasteiger partial charge < -0.3 is 10.1 Å². The van der Waals surface area contributed by atoms with Gasteiger partial charge in [-0.1, -0.05) is 6.92 Å². The smallest absolute Gasteiger partial charge is 0.0628 e. The molecular weight excluding hydrogens is 214 g/mol. The highest BCUT2D eigenvalue weighted by Crippen LogP contribution is 2.14. The van der Waals surface area contributed by atoms with Crippen molar-refractivity contribution in [3.8, 4) is 0 Å². The van der Waals surface area contributed by atoms with Crippen LogP contribution in [0.2, 0.25) is 0 Å². The van der Waals surface area contributed by atoms with Crippen molar-refractivity contribution in [3.63, 3.8) is 0 Å². The Hall–Kier alpha value is -0.870. The number of aromatic nitrogens is 2. The Morgan fingerprint density at radius 3 is 2.59 bits per heavy atom. The lowest BCUT2D eigenvalue weighted by Crippen LogP contribution is -2.36. The summed E-state index contributed by atoms with van der Waals surface area (Å²) < 4.78 is 7.22. The Bertz CT molecular complexity index is 347. The standard InChI is InChI=1S/C13H25N3O/c1-6-7-14-12(9-17-5)8-13-10(2)15-16(4)11(13)3/h12,14H,6-9H2,1-5H3. The first-order valence-electron chi connectivity index (χ1n) is 6.31. The minimum Gasteiger partial charge on any atom is -0.383 e. The van der Waals surface area contributed by atoms with Gasteiger partial charge in [0.2, 0.25) is 0 Å². The molecule has 0 aliphatic carbocycles. The first-order valence-corrected chi connectivity index (χ1v) is 6.31. The first kappa shape index (κ1) is 14.2. The van der Waals surface area contributed by atoms with E-state index in [1.165, 1.54) is 11.3 Å². The molecule has 1 N–H and O–H groups in total. The van der Waals surface area contributed by atoms with E-state index in [9.17, 15) is 0 Å². The second kappa shape index (κ2) is 6.77. The minimum atomic E-state index is 0.376. The van der Waals surface area contributed by atoms with E-state index < -0.39 is 0 Å². The predicted molar refractivity (Wildman–Crippen MR) is 70.3 cm³/mol. The van der Waals surface area contributed by atoms with Gasteiger partial charge in [-0.25, -0.2) is 0 Å². The second-order valence-electron chi connectivity index (χ2n) is 4.58. The zero-order valence-corrected chi connectivity index (χ0v) is 11.7. The van der Waals surface area contributed by atoms with Crippen molar-refractivity contribution in [2.45, 2.75) is 39.7 Å². The fraction of sp³-hybridized carbons (Fsp3) is 0.769. The predicted octanol–water partition coefficient (Wildman–Crippen LogP) is 1.59. The van der Waals surface area contributed by atoms with E-state index in [0.29, 0.717) is 6.04 Å². The van der Waals surface area contributed by atoms with Crippen LogP contribution in [0.15, 0.2) is 0 Å². The lowest BCUT2D eigenvalue weighted by atomic mass is 10.0. The molecule has 0 spiro atoms. The maximum Gasteiger partial charge on any atom is 0.0628 e. The Kier molecular flexibility index (Phi) is 5.65. The average molecular weight is 239 g/mol. The number of nitrogens with one attached hydrogen (secondary N) is 1. The number of hydrogen-bond donors (Lipinski definition) is 1. The SMILES string of the molecule is CCCNC(COC)Cc1c(C)nn(C)c1C. The highest BCUT2D eigenvalue weighted by molar-refractivity contribution is 5.25. The zero-order valence-electron chi connectivity index (χ0n) is 11.7. The van der Waals surface area contributed by atoms with Gasteiger partial charge >= 0.3 is 0 Å². The van der Waals surface area contributed by atoms with Crippen LogP contribution in [0.25, 0.3) is 0 Å². The van der Waals surface area contributed by atoms with Gasteiger partial charge in [0.05, 0.1) is 12.3 Å². The maximum atomic E-state index is 5.27. The number of nitrogens with zero attached hydrogens (tertiary/aromatic N) is 2. The van der Waals surface area contributed by atoms with Crippen molar-refractivity contribution in [2.75, 3.05) is 20.3 Å². The van der Waals surface area contributed by atoms with E-state index in [4.69, 9.17) is 4.74 Å². The molecule has 0 bridgehead atoms. The molecule has 0 amide bonds. The zero-order chi connectivity index (χ0) is 12.8. The Balaban J connectivity index is 2.70. The van der Waals surface area contributed by atoms with Crippen LogP contribution in [0.1, 0.15) is 30.3 Å². The van der Waals surface area contributed by atoms with Gasteiger partial charge in [0.25, 0.3) is 0 Å². The van der Waals surface area contributed by atoms with E-state index >= 15 is 0 Å². The fourth-order valence-electron chi connectivity index (χ4n) is 2.10. The molecular formula is C13H25N3O. The van der Waals surface area contributed by atoms with Gasteiger partial charge in [0.1, 0.15) is 0 Å². The van der Waals surface area contributed by atoms with E-state index in [1.807, 2.05) is 11.7 Å². The maximum absolute atomic E-state index is 5.27. The van der Waals surface area contributed by atoms with E-state index in [1.54, 1.807) is 7.11 Å². The molecule has 1 aromatic heterocycles. The molecule has 0 radical (unpaired) electrons. The van der Waals surface area contributed by atoms with Crippen LogP contribution < -0.4 is 5.32 Å². The molecule has 0 aliphatic rings. The van der Waals surface area contributed by atoms with Crippen LogP contribution in [-0.2, 0) is 18.2 Å². The molecule has 1 atom stereocenters. The fourth-order valence-corrected chi connectivity index (χ4v) is 2.10. The molecule has 17 heavy (non-hydrogen) atoms. The average Bonchev–Trinajstić information content (AvgIpc) is 2.53. The second-order valence-corrected chi connectivity index (χ2v) is 4.58. The molecule has 0 fully saturated rings. The van der Waals surface area contributed by atoms with E-state index in [2.05, 4.69) is 31.2 Å². The first-order chi connectivity index (χ1) is 8.10. The van der Waals surface area contributed by atoms with E-state index in [0.717, 1.165) is 31.7 Å². The summed E-state index contributed by atoms with van der Waals surface area (Å²) in [6, 6.07) is 0.376. The van der Waals surface area contributed by atoms with Crippen LogP contribution in [0, 0.1) is 13.8 Å². The van der Waals surface area contributed by atoms with Crippen LogP contribution >= 0.6 is 0 Å². The summed E-state index contributed by atoms with van der Waals surface area (Å²) >= 11 is 0. The molecule has 0 saturated carbocycles. The van der Waals surface area contributed by atoms with Crippen LogP contribution in [0.3, 0.4) is 0 Å².